The second-order valence-corrected chi connectivity index (χ2v) is 9.32. The molecule has 2 aliphatic carbocycles. The first-order chi connectivity index (χ1) is 14.3. The van der Waals surface area contributed by atoms with Gasteiger partial charge in [0, 0.05) is 6.08 Å². The predicted octanol–water partition coefficient (Wildman–Crippen LogP) is 4.89. The van der Waals surface area contributed by atoms with Crippen LogP contribution in [-0.4, -0.2) is 32.3 Å². The Morgan fingerprint density at radius 1 is 1.00 bits per heavy atom. The number of methoxy groups -OCH3 is 1. The minimum atomic E-state index is -0.409. The molecule has 30 heavy (non-hydrogen) atoms. The van der Waals surface area contributed by atoms with E-state index in [2.05, 4.69) is 0 Å². The van der Waals surface area contributed by atoms with E-state index in [1.54, 1.807) is 13.2 Å². The van der Waals surface area contributed by atoms with Crippen LogP contribution in [0.1, 0.15) is 52.0 Å². The van der Waals surface area contributed by atoms with Crippen LogP contribution in [0.25, 0.3) is 6.08 Å². The van der Waals surface area contributed by atoms with Crippen molar-refractivity contribution in [3.8, 4) is 5.75 Å². The first-order valence-electron chi connectivity index (χ1n) is 11.0. The number of hydrogen-bond acceptors (Lipinski definition) is 5. The summed E-state index contributed by atoms with van der Waals surface area (Å²) in [5, 5.41) is 0. The minimum Gasteiger partial charge on any atom is -0.497 e. The summed E-state index contributed by atoms with van der Waals surface area (Å²) in [5.74, 6) is 2.40. The topological polar surface area (TPSA) is 61.8 Å². The largest absolute Gasteiger partial charge is 0.497 e. The van der Waals surface area contributed by atoms with Gasteiger partial charge in [-0.15, -0.1) is 0 Å². The quantitative estimate of drug-likeness (QED) is 0.425. The number of fused-ring (bicyclic) bond motifs is 2. The molecule has 2 saturated carbocycles. The summed E-state index contributed by atoms with van der Waals surface area (Å²) in [6.45, 7) is 6.88. The Balaban J connectivity index is 1.39. The molecule has 2 aliphatic rings. The number of benzene rings is 1. The van der Waals surface area contributed by atoms with Crippen molar-refractivity contribution in [1.29, 1.82) is 0 Å². The van der Waals surface area contributed by atoms with E-state index in [4.69, 9.17) is 14.2 Å². The summed E-state index contributed by atoms with van der Waals surface area (Å²) >= 11 is 0. The summed E-state index contributed by atoms with van der Waals surface area (Å²) in [6.07, 6.45) is 7.29. The van der Waals surface area contributed by atoms with E-state index in [9.17, 15) is 9.59 Å². The van der Waals surface area contributed by atoms with Crippen LogP contribution >= 0.6 is 0 Å². The molecule has 0 heterocycles. The molecule has 0 saturated heterocycles. The van der Waals surface area contributed by atoms with Crippen LogP contribution in [0.15, 0.2) is 30.3 Å². The Hall–Kier alpha value is -2.30. The van der Waals surface area contributed by atoms with E-state index >= 15 is 0 Å². The Morgan fingerprint density at radius 3 is 2.13 bits per heavy atom. The van der Waals surface area contributed by atoms with Crippen LogP contribution in [0, 0.1) is 29.1 Å². The molecule has 1 aromatic rings. The van der Waals surface area contributed by atoms with Gasteiger partial charge in [0.05, 0.1) is 25.7 Å². The van der Waals surface area contributed by atoms with Crippen LogP contribution in [-0.2, 0) is 19.1 Å². The average Bonchev–Trinajstić information content (AvgIpc) is 3.35. The molecule has 5 heteroatoms. The molecule has 164 valence electrons. The lowest BCUT2D eigenvalue weighted by Crippen LogP contribution is -2.30. The molecule has 0 radical (unpaired) electrons. The number of rotatable bonds is 9. The number of esters is 2. The van der Waals surface area contributed by atoms with Crippen molar-refractivity contribution >= 4 is 18.0 Å². The second-order valence-electron chi connectivity index (χ2n) is 9.32. The third-order valence-corrected chi connectivity index (χ3v) is 6.98. The maximum Gasteiger partial charge on any atom is 0.330 e. The van der Waals surface area contributed by atoms with Crippen molar-refractivity contribution in [3.63, 3.8) is 0 Å². The first kappa shape index (κ1) is 22.4. The van der Waals surface area contributed by atoms with E-state index in [0.29, 0.717) is 36.9 Å². The number of hydrogen-bond donors (Lipinski definition) is 0. The fourth-order valence-electron chi connectivity index (χ4n) is 4.56. The summed E-state index contributed by atoms with van der Waals surface area (Å²) < 4.78 is 16.2. The molecule has 2 bridgehead atoms. The average molecular weight is 415 g/mol. The lowest BCUT2D eigenvalue weighted by molar-refractivity contribution is -0.156. The zero-order valence-electron chi connectivity index (χ0n) is 18.6. The highest BCUT2D eigenvalue weighted by atomic mass is 16.5. The van der Waals surface area contributed by atoms with Gasteiger partial charge in [-0.25, -0.2) is 4.79 Å². The van der Waals surface area contributed by atoms with Crippen molar-refractivity contribution in [2.45, 2.75) is 46.5 Å². The standard InChI is InChI=1S/C25H34O5/c1-5-25(2,3)24(27)30-16-21-14-18-12-19(21)13-20(18)15-29-23(26)11-8-17-6-9-22(28-4)10-7-17/h6-11,18-21H,5,12-16H2,1-4H3/b11-8+. The van der Waals surface area contributed by atoms with Crippen LogP contribution < -0.4 is 4.74 Å². The number of carbonyl (C=O) groups is 2. The Morgan fingerprint density at radius 2 is 1.60 bits per heavy atom. The van der Waals surface area contributed by atoms with Gasteiger partial charge < -0.3 is 14.2 Å². The third-order valence-electron chi connectivity index (χ3n) is 6.98. The van der Waals surface area contributed by atoms with E-state index in [0.717, 1.165) is 37.0 Å². The lowest BCUT2D eigenvalue weighted by Gasteiger charge is -2.28. The number of ether oxygens (including phenoxy) is 3. The molecule has 0 spiro atoms. The highest BCUT2D eigenvalue weighted by molar-refractivity contribution is 5.87. The Kier molecular flexibility index (Phi) is 7.22. The number of carbonyl (C=O) groups excluding carboxylic acids is 2. The van der Waals surface area contributed by atoms with Crippen LogP contribution in [0.5, 0.6) is 5.75 Å². The van der Waals surface area contributed by atoms with Crippen molar-refractivity contribution < 1.29 is 23.8 Å². The molecule has 0 aromatic heterocycles. The summed E-state index contributed by atoms with van der Waals surface area (Å²) in [6, 6.07) is 7.51. The highest BCUT2D eigenvalue weighted by Gasteiger charge is 2.46. The Bertz CT molecular complexity index is 764. The van der Waals surface area contributed by atoms with Gasteiger partial charge in [-0.05, 0) is 87.0 Å². The maximum absolute atomic E-state index is 12.2. The normalized spacial score (nSPS) is 25.5. The zero-order valence-corrected chi connectivity index (χ0v) is 18.6. The van der Waals surface area contributed by atoms with Gasteiger partial charge in [-0.1, -0.05) is 19.1 Å². The maximum atomic E-state index is 12.2. The molecule has 5 nitrogen and oxygen atoms in total. The molecular formula is C25H34O5. The molecule has 1 aromatic carbocycles. The minimum absolute atomic E-state index is 0.0955. The predicted molar refractivity (Wildman–Crippen MR) is 116 cm³/mol. The van der Waals surface area contributed by atoms with Gasteiger partial charge in [-0.3, -0.25) is 4.79 Å². The molecule has 4 unspecified atom stereocenters. The zero-order chi connectivity index (χ0) is 21.7. The van der Waals surface area contributed by atoms with Crippen molar-refractivity contribution in [3.05, 3.63) is 35.9 Å². The molecular weight excluding hydrogens is 380 g/mol. The Labute approximate surface area is 179 Å². The van der Waals surface area contributed by atoms with Crippen molar-refractivity contribution in [2.24, 2.45) is 29.1 Å². The van der Waals surface area contributed by atoms with Crippen LogP contribution in [0.3, 0.4) is 0 Å². The fourth-order valence-corrected chi connectivity index (χ4v) is 4.56. The molecule has 0 amide bonds. The van der Waals surface area contributed by atoms with E-state index in [1.165, 1.54) is 6.08 Å². The fraction of sp³-hybridized carbons (Fsp3) is 0.600. The molecule has 0 aliphatic heterocycles. The molecule has 2 fully saturated rings. The van der Waals surface area contributed by atoms with Crippen molar-refractivity contribution in [1.82, 2.24) is 0 Å². The smallest absolute Gasteiger partial charge is 0.330 e. The van der Waals surface area contributed by atoms with Crippen LogP contribution in [0.2, 0.25) is 0 Å². The highest BCUT2D eigenvalue weighted by Crippen LogP contribution is 2.52. The summed E-state index contributed by atoms with van der Waals surface area (Å²) in [5.41, 5.74) is 0.518. The van der Waals surface area contributed by atoms with Gasteiger partial charge in [-0.2, -0.15) is 0 Å². The van der Waals surface area contributed by atoms with Gasteiger partial charge in [0.25, 0.3) is 0 Å². The van der Waals surface area contributed by atoms with Crippen LogP contribution in [0.4, 0.5) is 0 Å². The third kappa shape index (κ3) is 5.44. The van der Waals surface area contributed by atoms with E-state index in [-0.39, 0.29) is 11.9 Å². The van der Waals surface area contributed by atoms with Crippen molar-refractivity contribution in [2.75, 3.05) is 20.3 Å². The van der Waals surface area contributed by atoms with Gasteiger partial charge in [0.15, 0.2) is 0 Å². The summed E-state index contributed by atoms with van der Waals surface area (Å²) in [7, 11) is 1.62. The molecule has 3 rings (SSSR count). The van der Waals surface area contributed by atoms with E-state index in [1.807, 2.05) is 45.0 Å². The lowest BCUT2D eigenvalue weighted by atomic mass is 9.83. The summed E-state index contributed by atoms with van der Waals surface area (Å²) in [4.78, 5) is 24.3. The SMILES string of the molecule is CCC(C)(C)C(=O)OCC1CC2CC1CC2COC(=O)/C=C/c1ccc(OC)cc1. The van der Waals surface area contributed by atoms with Gasteiger partial charge in [0.1, 0.15) is 5.75 Å². The molecule has 0 N–H and O–H groups in total. The second kappa shape index (κ2) is 9.67. The monoisotopic (exact) mass is 414 g/mol. The van der Waals surface area contributed by atoms with Gasteiger partial charge in [0.2, 0.25) is 0 Å². The van der Waals surface area contributed by atoms with E-state index < -0.39 is 5.41 Å². The first-order valence-corrected chi connectivity index (χ1v) is 11.0. The van der Waals surface area contributed by atoms with Gasteiger partial charge >= 0.3 is 11.9 Å². The molecule has 4 atom stereocenters.